The highest BCUT2D eigenvalue weighted by Gasteiger charge is 2.53. The number of amides is 1. The normalized spacial score (nSPS) is 30.2. The van der Waals surface area contributed by atoms with Crippen molar-refractivity contribution in [2.75, 3.05) is 19.0 Å². The molecule has 1 heterocycles. The number of carbonyl (C=O) groups is 1. The van der Waals surface area contributed by atoms with E-state index < -0.39 is 0 Å². The third kappa shape index (κ3) is 3.26. The van der Waals surface area contributed by atoms with Gasteiger partial charge < -0.3 is 9.47 Å². The summed E-state index contributed by atoms with van der Waals surface area (Å²) >= 11 is 1.54. The van der Waals surface area contributed by atoms with Gasteiger partial charge in [0.05, 0.1) is 7.11 Å². The second-order valence-electron chi connectivity index (χ2n) is 8.60. The Morgan fingerprint density at radius 2 is 1.75 bits per heavy atom. The Hall–Kier alpha value is -2.15. The molecule has 0 radical (unpaired) electrons. The molecular formula is C21H25N3O3S. The molecule has 6 rings (SSSR count). The van der Waals surface area contributed by atoms with Gasteiger partial charge in [-0.3, -0.25) is 10.1 Å². The molecule has 0 aliphatic heterocycles. The summed E-state index contributed by atoms with van der Waals surface area (Å²) in [6, 6.07) is 7.29. The molecule has 1 aromatic carbocycles. The number of hydrogen-bond donors (Lipinski definition) is 1. The van der Waals surface area contributed by atoms with E-state index in [0.29, 0.717) is 16.6 Å². The lowest BCUT2D eigenvalue weighted by Gasteiger charge is -2.55. The third-order valence-electron chi connectivity index (χ3n) is 6.59. The van der Waals surface area contributed by atoms with E-state index >= 15 is 0 Å². The van der Waals surface area contributed by atoms with Crippen molar-refractivity contribution in [1.82, 2.24) is 10.2 Å². The van der Waals surface area contributed by atoms with E-state index in [4.69, 9.17) is 9.47 Å². The summed E-state index contributed by atoms with van der Waals surface area (Å²) in [5.74, 6) is 3.51. The molecule has 1 aromatic heterocycles. The summed E-state index contributed by atoms with van der Waals surface area (Å²) in [7, 11) is 1.58. The molecule has 1 N–H and O–H groups in total. The van der Waals surface area contributed by atoms with Crippen molar-refractivity contribution in [3.63, 3.8) is 0 Å². The van der Waals surface area contributed by atoms with Crippen LogP contribution in [0, 0.1) is 17.8 Å². The minimum atomic E-state index is -0.237. The van der Waals surface area contributed by atoms with Gasteiger partial charge in [-0.1, -0.05) is 23.5 Å². The number of nitrogens with zero attached hydrogens (tertiary/aromatic N) is 2. The first-order valence-corrected chi connectivity index (χ1v) is 10.8. The lowest BCUT2D eigenvalue weighted by atomic mass is 9.50. The van der Waals surface area contributed by atoms with E-state index in [9.17, 15) is 4.79 Å². The van der Waals surface area contributed by atoms with Crippen LogP contribution in [0.4, 0.5) is 5.13 Å². The van der Waals surface area contributed by atoms with Crippen LogP contribution in [0.25, 0.3) is 0 Å². The van der Waals surface area contributed by atoms with Crippen molar-refractivity contribution in [3.05, 3.63) is 29.3 Å². The number of rotatable bonds is 6. The first-order chi connectivity index (χ1) is 13.6. The van der Waals surface area contributed by atoms with Crippen molar-refractivity contribution in [1.29, 1.82) is 0 Å². The Balaban J connectivity index is 1.23. The summed E-state index contributed by atoms with van der Waals surface area (Å²) in [4.78, 5) is 12.3. The molecule has 2 aromatic rings. The van der Waals surface area contributed by atoms with Crippen LogP contribution >= 0.6 is 11.3 Å². The molecule has 148 valence electrons. The van der Waals surface area contributed by atoms with Gasteiger partial charge in [-0.15, -0.1) is 10.2 Å². The lowest BCUT2D eigenvalue weighted by molar-refractivity contribution is -0.118. The number of aromatic nitrogens is 2. The number of para-hydroxylation sites is 2. The molecule has 7 heteroatoms. The molecule has 0 spiro atoms. The summed E-state index contributed by atoms with van der Waals surface area (Å²) in [5, 5.41) is 13.3. The molecule has 0 unspecified atom stereocenters. The first kappa shape index (κ1) is 17.9. The molecule has 6 nitrogen and oxygen atoms in total. The van der Waals surface area contributed by atoms with Gasteiger partial charge in [-0.05, 0) is 68.4 Å². The van der Waals surface area contributed by atoms with Crippen LogP contribution in [0.5, 0.6) is 11.5 Å². The monoisotopic (exact) mass is 399 g/mol. The standard InChI is InChI=1S/C21H25N3O3S/c1-26-16-4-2-3-5-17(16)27-12-18(25)22-20-24-23-19(28-20)21-9-13-6-14(10-21)8-15(7-13)11-21/h2-5,13-15H,6-12H2,1H3,(H,22,24,25). The van der Waals surface area contributed by atoms with Gasteiger partial charge in [0.1, 0.15) is 5.01 Å². The summed E-state index contributed by atoms with van der Waals surface area (Å²) in [6.45, 7) is -0.0906. The molecule has 4 saturated carbocycles. The smallest absolute Gasteiger partial charge is 0.264 e. The number of ether oxygens (including phenoxy) is 2. The van der Waals surface area contributed by atoms with Crippen molar-refractivity contribution in [2.45, 2.75) is 43.9 Å². The largest absolute Gasteiger partial charge is 0.493 e. The highest BCUT2D eigenvalue weighted by Crippen LogP contribution is 2.61. The fourth-order valence-corrected chi connectivity index (χ4v) is 6.88. The fraction of sp³-hybridized carbons (Fsp3) is 0.571. The second-order valence-corrected chi connectivity index (χ2v) is 9.58. The predicted molar refractivity (Wildman–Crippen MR) is 107 cm³/mol. The van der Waals surface area contributed by atoms with Crippen molar-refractivity contribution < 1.29 is 14.3 Å². The Labute approximate surface area is 168 Å². The minimum Gasteiger partial charge on any atom is -0.493 e. The third-order valence-corrected chi connectivity index (χ3v) is 7.68. The van der Waals surface area contributed by atoms with Gasteiger partial charge in [0, 0.05) is 5.41 Å². The van der Waals surface area contributed by atoms with E-state index in [1.807, 2.05) is 12.1 Å². The van der Waals surface area contributed by atoms with Gasteiger partial charge in [0.15, 0.2) is 18.1 Å². The zero-order valence-electron chi connectivity index (χ0n) is 16.0. The maximum Gasteiger partial charge on any atom is 0.264 e. The number of hydrogen-bond acceptors (Lipinski definition) is 6. The van der Waals surface area contributed by atoms with Crippen LogP contribution in [0.15, 0.2) is 24.3 Å². The maximum absolute atomic E-state index is 12.3. The van der Waals surface area contributed by atoms with Crippen LogP contribution in [-0.2, 0) is 10.2 Å². The Bertz CT molecular complexity index is 846. The topological polar surface area (TPSA) is 73.3 Å². The molecule has 4 fully saturated rings. The SMILES string of the molecule is COc1ccccc1OCC(=O)Nc1nnc(C23CC4CC(CC(C4)C2)C3)s1. The quantitative estimate of drug-likeness (QED) is 0.794. The average molecular weight is 400 g/mol. The average Bonchev–Trinajstić information content (AvgIpc) is 3.15. The van der Waals surface area contributed by atoms with Crippen molar-refractivity contribution >= 4 is 22.4 Å². The van der Waals surface area contributed by atoms with Crippen molar-refractivity contribution in [3.8, 4) is 11.5 Å². The van der Waals surface area contributed by atoms with Gasteiger partial charge in [-0.2, -0.15) is 0 Å². The number of benzene rings is 1. The van der Waals surface area contributed by atoms with E-state index in [1.165, 1.54) is 38.5 Å². The molecule has 4 aliphatic rings. The van der Waals surface area contributed by atoms with Gasteiger partial charge in [-0.25, -0.2) is 0 Å². The summed E-state index contributed by atoms with van der Waals surface area (Å²) in [6.07, 6.45) is 7.96. The van der Waals surface area contributed by atoms with Crippen molar-refractivity contribution in [2.24, 2.45) is 17.8 Å². The number of methoxy groups -OCH3 is 1. The molecule has 4 bridgehead atoms. The number of anilines is 1. The van der Waals surface area contributed by atoms with Gasteiger partial charge in [0.2, 0.25) is 5.13 Å². The van der Waals surface area contributed by atoms with E-state index in [-0.39, 0.29) is 17.9 Å². The van der Waals surface area contributed by atoms with Gasteiger partial charge in [0.25, 0.3) is 5.91 Å². The van der Waals surface area contributed by atoms with Gasteiger partial charge >= 0.3 is 0 Å². The second kappa shape index (κ2) is 7.03. The first-order valence-electron chi connectivity index (χ1n) is 10.0. The van der Waals surface area contributed by atoms with Crippen LogP contribution in [-0.4, -0.2) is 29.8 Å². The number of carbonyl (C=O) groups excluding carboxylic acids is 1. The number of nitrogens with one attached hydrogen (secondary N) is 1. The summed E-state index contributed by atoms with van der Waals surface area (Å²) < 4.78 is 10.8. The Kier molecular flexibility index (Phi) is 4.50. The molecule has 4 aliphatic carbocycles. The zero-order chi connectivity index (χ0) is 19.1. The fourth-order valence-electron chi connectivity index (χ4n) is 5.90. The maximum atomic E-state index is 12.3. The van der Waals surface area contributed by atoms with Crippen LogP contribution in [0.2, 0.25) is 0 Å². The highest BCUT2D eigenvalue weighted by atomic mass is 32.1. The predicted octanol–water partition coefficient (Wildman–Crippen LogP) is 4.03. The van der Waals surface area contributed by atoms with E-state index in [2.05, 4.69) is 15.5 Å². The molecule has 28 heavy (non-hydrogen) atoms. The Morgan fingerprint density at radius 1 is 1.11 bits per heavy atom. The van der Waals surface area contributed by atoms with Crippen LogP contribution < -0.4 is 14.8 Å². The lowest BCUT2D eigenvalue weighted by Crippen LogP contribution is -2.48. The molecule has 0 atom stereocenters. The highest BCUT2D eigenvalue weighted by molar-refractivity contribution is 7.15. The molecular weight excluding hydrogens is 374 g/mol. The zero-order valence-corrected chi connectivity index (χ0v) is 16.8. The van der Waals surface area contributed by atoms with E-state index in [0.717, 1.165) is 22.8 Å². The van der Waals surface area contributed by atoms with Crippen LogP contribution in [0.3, 0.4) is 0 Å². The van der Waals surface area contributed by atoms with E-state index in [1.54, 1.807) is 30.6 Å². The van der Waals surface area contributed by atoms with Crippen LogP contribution in [0.1, 0.15) is 43.5 Å². The molecule has 0 saturated heterocycles. The Morgan fingerprint density at radius 3 is 2.39 bits per heavy atom. The minimum absolute atomic E-state index is 0.0906. The molecule has 1 amide bonds. The summed E-state index contributed by atoms with van der Waals surface area (Å²) in [5.41, 5.74) is 0.212.